The number of amides is 2. The number of aromatic nitrogens is 1. The van der Waals surface area contributed by atoms with Crippen LogP contribution in [0.2, 0.25) is 0 Å². The SMILES string of the molecule is CCC(CC)N(C)C(=O)NC(C)c1nc(C(=O)O)cs1. The minimum absolute atomic E-state index is 0.0134. The Bertz CT molecular complexity index is 471. The van der Waals surface area contributed by atoms with Crippen molar-refractivity contribution in [3.05, 3.63) is 16.1 Å². The van der Waals surface area contributed by atoms with Gasteiger partial charge in [-0.05, 0) is 19.8 Å². The van der Waals surface area contributed by atoms with Crippen LogP contribution in [-0.2, 0) is 0 Å². The van der Waals surface area contributed by atoms with Crippen LogP contribution in [0.3, 0.4) is 0 Å². The summed E-state index contributed by atoms with van der Waals surface area (Å²) in [6, 6.07) is -0.274. The number of thiazole rings is 1. The first-order valence-electron chi connectivity index (χ1n) is 6.62. The lowest BCUT2D eigenvalue weighted by Gasteiger charge is -2.27. The Balaban J connectivity index is 2.66. The molecule has 112 valence electrons. The molecule has 1 aromatic rings. The summed E-state index contributed by atoms with van der Waals surface area (Å²) in [5, 5.41) is 13.7. The molecule has 20 heavy (non-hydrogen) atoms. The smallest absolute Gasteiger partial charge is 0.355 e. The molecule has 0 fully saturated rings. The van der Waals surface area contributed by atoms with Gasteiger partial charge in [0.15, 0.2) is 5.69 Å². The van der Waals surface area contributed by atoms with Crippen molar-refractivity contribution in [1.82, 2.24) is 15.2 Å². The van der Waals surface area contributed by atoms with E-state index in [-0.39, 0.29) is 23.8 Å². The van der Waals surface area contributed by atoms with Crippen molar-refractivity contribution in [3.63, 3.8) is 0 Å². The minimum Gasteiger partial charge on any atom is -0.476 e. The zero-order valence-corrected chi connectivity index (χ0v) is 13.0. The highest BCUT2D eigenvalue weighted by Crippen LogP contribution is 2.18. The Hall–Kier alpha value is -1.63. The molecule has 0 saturated carbocycles. The number of hydrogen-bond donors (Lipinski definition) is 2. The molecule has 0 aromatic carbocycles. The van der Waals surface area contributed by atoms with Crippen LogP contribution in [-0.4, -0.2) is 40.1 Å². The molecule has 1 atom stereocenters. The predicted octanol–water partition coefficient (Wildman–Crippen LogP) is 2.73. The molecule has 1 unspecified atom stereocenters. The molecule has 0 radical (unpaired) electrons. The van der Waals surface area contributed by atoms with Gasteiger partial charge in [-0.1, -0.05) is 13.8 Å². The molecule has 0 bridgehead atoms. The van der Waals surface area contributed by atoms with E-state index in [2.05, 4.69) is 10.3 Å². The third-order valence-electron chi connectivity index (χ3n) is 3.26. The van der Waals surface area contributed by atoms with Crippen LogP contribution in [0.25, 0.3) is 0 Å². The number of aromatic carboxylic acids is 1. The third kappa shape index (κ3) is 3.93. The van der Waals surface area contributed by atoms with Gasteiger partial charge >= 0.3 is 12.0 Å². The Morgan fingerprint density at radius 2 is 2.05 bits per heavy atom. The van der Waals surface area contributed by atoms with E-state index in [0.29, 0.717) is 5.01 Å². The van der Waals surface area contributed by atoms with E-state index in [0.717, 1.165) is 12.8 Å². The van der Waals surface area contributed by atoms with E-state index in [1.54, 1.807) is 18.9 Å². The van der Waals surface area contributed by atoms with E-state index in [1.807, 2.05) is 13.8 Å². The Morgan fingerprint density at radius 1 is 1.45 bits per heavy atom. The second-order valence-corrected chi connectivity index (χ2v) is 5.52. The molecular weight excluding hydrogens is 278 g/mol. The molecule has 2 amide bonds. The van der Waals surface area contributed by atoms with Gasteiger partial charge < -0.3 is 15.3 Å². The molecule has 1 heterocycles. The Kier molecular flexibility index (Phi) is 5.94. The molecule has 6 nitrogen and oxygen atoms in total. The van der Waals surface area contributed by atoms with Gasteiger partial charge in [0.1, 0.15) is 5.01 Å². The van der Waals surface area contributed by atoms with E-state index in [9.17, 15) is 9.59 Å². The summed E-state index contributed by atoms with van der Waals surface area (Å²) in [5.74, 6) is -1.06. The molecule has 2 N–H and O–H groups in total. The first-order chi connectivity index (χ1) is 9.40. The maximum absolute atomic E-state index is 12.1. The highest BCUT2D eigenvalue weighted by molar-refractivity contribution is 7.09. The van der Waals surface area contributed by atoms with Crippen molar-refractivity contribution in [1.29, 1.82) is 0 Å². The van der Waals surface area contributed by atoms with Gasteiger partial charge in [0.25, 0.3) is 0 Å². The van der Waals surface area contributed by atoms with Gasteiger partial charge in [-0.2, -0.15) is 0 Å². The first kappa shape index (κ1) is 16.4. The number of carbonyl (C=O) groups is 2. The van der Waals surface area contributed by atoms with Crippen molar-refractivity contribution in [2.45, 2.75) is 45.7 Å². The van der Waals surface area contributed by atoms with Crippen LogP contribution < -0.4 is 5.32 Å². The third-order valence-corrected chi connectivity index (χ3v) is 4.29. The standard InChI is InChI=1S/C13H21N3O3S/c1-5-9(6-2)16(4)13(19)14-8(3)11-15-10(7-20-11)12(17)18/h7-9H,5-6H2,1-4H3,(H,14,19)(H,17,18). The minimum atomic E-state index is -1.06. The lowest BCUT2D eigenvalue weighted by molar-refractivity contribution is 0.0691. The van der Waals surface area contributed by atoms with Crippen LogP contribution in [0.4, 0.5) is 4.79 Å². The molecule has 0 aliphatic rings. The number of carboxylic acids is 1. The zero-order chi connectivity index (χ0) is 15.3. The van der Waals surface area contributed by atoms with Gasteiger partial charge in [0.05, 0.1) is 6.04 Å². The average Bonchev–Trinajstić information content (AvgIpc) is 2.89. The van der Waals surface area contributed by atoms with Crippen molar-refractivity contribution in [2.75, 3.05) is 7.05 Å². The number of nitrogens with one attached hydrogen (secondary N) is 1. The highest BCUT2D eigenvalue weighted by atomic mass is 32.1. The van der Waals surface area contributed by atoms with Crippen LogP contribution in [0.1, 0.15) is 55.2 Å². The summed E-state index contributed by atoms with van der Waals surface area (Å²) >= 11 is 1.23. The van der Waals surface area contributed by atoms with Gasteiger partial charge in [-0.3, -0.25) is 0 Å². The number of rotatable bonds is 6. The van der Waals surface area contributed by atoms with Crippen molar-refractivity contribution >= 4 is 23.3 Å². The largest absolute Gasteiger partial charge is 0.476 e. The summed E-state index contributed by atoms with van der Waals surface area (Å²) in [6.07, 6.45) is 1.80. The maximum Gasteiger partial charge on any atom is 0.355 e. The fourth-order valence-electron chi connectivity index (χ4n) is 1.94. The second kappa shape index (κ2) is 7.23. The normalized spacial score (nSPS) is 12.2. The first-order valence-corrected chi connectivity index (χ1v) is 7.50. The average molecular weight is 299 g/mol. The predicted molar refractivity (Wildman–Crippen MR) is 78.2 cm³/mol. The Morgan fingerprint density at radius 3 is 2.50 bits per heavy atom. The second-order valence-electron chi connectivity index (χ2n) is 4.63. The van der Waals surface area contributed by atoms with E-state index >= 15 is 0 Å². The van der Waals surface area contributed by atoms with Gasteiger partial charge in [-0.25, -0.2) is 14.6 Å². The summed E-state index contributed by atoms with van der Waals surface area (Å²) in [6.45, 7) is 5.88. The van der Waals surface area contributed by atoms with Crippen molar-refractivity contribution < 1.29 is 14.7 Å². The molecule has 0 saturated heterocycles. The fraction of sp³-hybridized carbons (Fsp3) is 0.615. The summed E-state index contributed by atoms with van der Waals surface area (Å²) < 4.78 is 0. The van der Waals surface area contributed by atoms with E-state index < -0.39 is 5.97 Å². The van der Waals surface area contributed by atoms with E-state index in [4.69, 9.17) is 5.11 Å². The lowest BCUT2D eigenvalue weighted by atomic mass is 10.1. The van der Waals surface area contributed by atoms with Gasteiger partial charge in [-0.15, -0.1) is 11.3 Å². The van der Waals surface area contributed by atoms with Crippen molar-refractivity contribution in [2.24, 2.45) is 0 Å². The quantitative estimate of drug-likeness (QED) is 0.846. The van der Waals surface area contributed by atoms with Crippen LogP contribution in [0.15, 0.2) is 5.38 Å². The van der Waals surface area contributed by atoms with Crippen molar-refractivity contribution in [3.8, 4) is 0 Å². The molecule has 1 rings (SSSR count). The molecule has 0 spiro atoms. The lowest BCUT2D eigenvalue weighted by Crippen LogP contribution is -2.43. The molecular formula is C13H21N3O3S. The Labute approximate surface area is 122 Å². The molecule has 0 aliphatic carbocycles. The number of nitrogens with zero attached hydrogens (tertiary/aromatic N) is 2. The highest BCUT2D eigenvalue weighted by Gasteiger charge is 2.20. The zero-order valence-electron chi connectivity index (χ0n) is 12.2. The van der Waals surface area contributed by atoms with Gasteiger partial charge in [0.2, 0.25) is 0 Å². The van der Waals surface area contributed by atoms with Crippen LogP contribution in [0.5, 0.6) is 0 Å². The van der Waals surface area contributed by atoms with Gasteiger partial charge in [0, 0.05) is 18.5 Å². The number of urea groups is 1. The monoisotopic (exact) mass is 299 g/mol. The molecule has 1 aromatic heterocycles. The summed E-state index contributed by atoms with van der Waals surface area (Å²) in [7, 11) is 1.77. The number of carbonyl (C=O) groups excluding carboxylic acids is 1. The fourth-order valence-corrected chi connectivity index (χ4v) is 2.74. The maximum atomic E-state index is 12.1. The summed E-state index contributed by atoms with van der Waals surface area (Å²) in [5.41, 5.74) is 0.0134. The molecule has 0 aliphatic heterocycles. The topological polar surface area (TPSA) is 82.5 Å². The van der Waals surface area contributed by atoms with Crippen LogP contribution in [0, 0.1) is 0 Å². The number of hydrogen-bond acceptors (Lipinski definition) is 4. The molecule has 7 heteroatoms. The number of carboxylic acid groups (broad SMARTS) is 1. The summed E-state index contributed by atoms with van der Waals surface area (Å²) in [4.78, 5) is 28.6. The van der Waals surface area contributed by atoms with Crippen LogP contribution >= 0.6 is 11.3 Å². The van der Waals surface area contributed by atoms with E-state index in [1.165, 1.54) is 16.7 Å².